The number of urea groups is 2. The lowest BCUT2D eigenvalue weighted by Gasteiger charge is -2.19. The Morgan fingerprint density at radius 2 is 1.81 bits per heavy atom. The number of hydrazine groups is 1. The zero-order chi connectivity index (χ0) is 15.2. The van der Waals surface area contributed by atoms with Gasteiger partial charge in [-0.1, -0.05) is 36.4 Å². The maximum absolute atomic E-state index is 11.9. The lowest BCUT2D eigenvalue weighted by atomic mass is 10.1. The molecule has 4 amide bonds. The van der Waals surface area contributed by atoms with Gasteiger partial charge in [0.05, 0.1) is 5.69 Å². The zero-order valence-electron chi connectivity index (χ0n) is 12.0. The molecule has 6 heteroatoms. The van der Waals surface area contributed by atoms with Crippen molar-refractivity contribution in [2.24, 2.45) is 0 Å². The van der Waals surface area contributed by atoms with Crippen molar-refractivity contribution in [3.8, 4) is 0 Å². The average molecular weight is 286 g/mol. The zero-order valence-corrected chi connectivity index (χ0v) is 12.0. The van der Waals surface area contributed by atoms with Crippen molar-refractivity contribution in [3.63, 3.8) is 0 Å². The van der Waals surface area contributed by atoms with Gasteiger partial charge in [0, 0.05) is 19.0 Å². The molecule has 0 aliphatic carbocycles. The molecule has 0 aliphatic heterocycles. The number of hydrogen-bond donors (Lipinski definition) is 3. The largest absolute Gasteiger partial charge is 0.338 e. The standard InChI is InChI=1S/C15H18N4O2/c1-3-16-15(21)19(2)18-14(20)17-13-10-6-8-11-7-4-5-9-12(11)13/h4-10H,3H2,1-2H3,(H,16,21)(H2,17,18,20). The van der Waals surface area contributed by atoms with Gasteiger partial charge in [-0.05, 0) is 18.4 Å². The predicted octanol–water partition coefficient (Wildman–Crippen LogP) is 2.54. The number of nitrogens with one attached hydrogen (secondary N) is 3. The van der Waals surface area contributed by atoms with E-state index in [9.17, 15) is 9.59 Å². The highest BCUT2D eigenvalue weighted by atomic mass is 16.2. The summed E-state index contributed by atoms with van der Waals surface area (Å²) < 4.78 is 0. The minimum atomic E-state index is -0.472. The summed E-state index contributed by atoms with van der Waals surface area (Å²) in [5.41, 5.74) is 3.14. The van der Waals surface area contributed by atoms with Gasteiger partial charge in [0.2, 0.25) is 0 Å². The molecule has 0 atom stereocenters. The van der Waals surface area contributed by atoms with E-state index < -0.39 is 6.03 Å². The SMILES string of the molecule is CCNC(=O)N(C)NC(=O)Nc1cccc2ccccc12. The van der Waals surface area contributed by atoms with Crippen LogP contribution in [0.1, 0.15) is 6.92 Å². The van der Waals surface area contributed by atoms with E-state index in [1.165, 1.54) is 7.05 Å². The van der Waals surface area contributed by atoms with Crippen LogP contribution in [0, 0.1) is 0 Å². The maximum atomic E-state index is 11.9. The number of rotatable bonds is 2. The molecule has 0 aliphatic rings. The van der Waals surface area contributed by atoms with Crippen molar-refractivity contribution >= 4 is 28.5 Å². The Morgan fingerprint density at radius 3 is 2.57 bits per heavy atom. The van der Waals surface area contributed by atoms with Crippen molar-refractivity contribution in [2.75, 3.05) is 18.9 Å². The molecule has 110 valence electrons. The van der Waals surface area contributed by atoms with Crippen LogP contribution in [0.3, 0.4) is 0 Å². The highest BCUT2D eigenvalue weighted by Gasteiger charge is 2.11. The van der Waals surface area contributed by atoms with Crippen LogP contribution in [-0.2, 0) is 0 Å². The van der Waals surface area contributed by atoms with Crippen LogP contribution in [0.2, 0.25) is 0 Å². The molecule has 2 rings (SSSR count). The van der Waals surface area contributed by atoms with Crippen molar-refractivity contribution in [2.45, 2.75) is 6.92 Å². The summed E-state index contributed by atoms with van der Waals surface area (Å²) in [4.78, 5) is 23.4. The van der Waals surface area contributed by atoms with Crippen molar-refractivity contribution in [1.82, 2.24) is 15.8 Å². The molecule has 0 unspecified atom stereocenters. The Kier molecular flexibility index (Phi) is 4.61. The van der Waals surface area contributed by atoms with Gasteiger partial charge in [0.25, 0.3) is 0 Å². The molecule has 3 N–H and O–H groups in total. The van der Waals surface area contributed by atoms with E-state index in [2.05, 4.69) is 16.1 Å². The van der Waals surface area contributed by atoms with Gasteiger partial charge in [-0.15, -0.1) is 0 Å². The van der Waals surface area contributed by atoms with Crippen molar-refractivity contribution in [3.05, 3.63) is 42.5 Å². The first-order valence-electron chi connectivity index (χ1n) is 6.68. The first-order chi connectivity index (χ1) is 10.1. The summed E-state index contributed by atoms with van der Waals surface area (Å²) in [5.74, 6) is 0. The van der Waals surface area contributed by atoms with E-state index in [1.54, 1.807) is 0 Å². The van der Waals surface area contributed by atoms with E-state index in [0.717, 1.165) is 15.8 Å². The van der Waals surface area contributed by atoms with E-state index >= 15 is 0 Å². The fourth-order valence-corrected chi connectivity index (χ4v) is 1.96. The molecule has 0 radical (unpaired) electrons. The van der Waals surface area contributed by atoms with Crippen LogP contribution >= 0.6 is 0 Å². The third-order valence-corrected chi connectivity index (χ3v) is 2.94. The molecule has 0 spiro atoms. The monoisotopic (exact) mass is 286 g/mol. The molecule has 0 bridgehead atoms. The van der Waals surface area contributed by atoms with Gasteiger partial charge in [-0.3, -0.25) is 0 Å². The van der Waals surface area contributed by atoms with Gasteiger partial charge in [0.15, 0.2) is 0 Å². The molecule has 2 aromatic carbocycles. The van der Waals surface area contributed by atoms with Gasteiger partial charge in [-0.25, -0.2) is 20.0 Å². The summed E-state index contributed by atoms with van der Waals surface area (Å²) in [7, 11) is 1.48. The van der Waals surface area contributed by atoms with E-state index in [4.69, 9.17) is 0 Å². The number of amides is 4. The third-order valence-electron chi connectivity index (χ3n) is 2.94. The number of nitrogens with zero attached hydrogens (tertiary/aromatic N) is 1. The molecule has 2 aromatic rings. The van der Waals surface area contributed by atoms with Crippen LogP contribution in [0.15, 0.2) is 42.5 Å². The maximum Gasteiger partial charge on any atom is 0.338 e. The number of carbonyl (C=O) groups is 2. The Bertz CT molecular complexity index is 652. The normalized spacial score (nSPS) is 10.0. The summed E-state index contributed by atoms with van der Waals surface area (Å²) >= 11 is 0. The van der Waals surface area contributed by atoms with E-state index in [-0.39, 0.29) is 6.03 Å². The van der Waals surface area contributed by atoms with Gasteiger partial charge < -0.3 is 10.6 Å². The Balaban J connectivity index is 2.06. The molecule has 0 saturated carbocycles. The number of fused-ring (bicyclic) bond motifs is 1. The molecule has 0 fully saturated rings. The smallest absolute Gasteiger partial charge is 0.337 e. The Hall–Kier alpha value is -2.76. The summed E-state index contributed by atoms with van der Waals surface area (Å²) in [6, 6.07) is 12.6. The Morgan fingerprint density at radius 1 is 1.10 bits per heavy atom. The van der Waals surface area contributed by atoms with Crippen LogP contribution in [-0.4, -0.2) is 30.7 Å². The van der Waals surface area contributed by atoms with Gasteiger partial charge in [0.1, 0.15) is 0 Å². The Labute approximate surface area is 123 Å². The number of carbonyl (C=O) groups excluding carboxylic acids is 2. The highest BCUT2D eigenvalue weighted by molar-refractivity contribution is 6.01. The molecular weight excluding hydrogens is 268 g/mol. The quantitative estimate of drug-likeness (QED) is 0.742. The topological polar surface area (TPSA) is 73.5 Å². The van der Waals surface area contributed by atoms with Crippen LogP contribution in [0.5, 0.6) is 0 Å². The van der Waals surface area contributed by atoms with E-state index in [0.29, 0.717) is 12.2 Å². The number of anilines is 1. The molecule has 0 aromatic heterocycles. The van der Waals surface area contributed by atoms with Crippen LogP contribution < -0.4 is 16.1 Å². The highest BCUT2D eigenvalue weighted by Crippen LogP contribution is 2.22. The molecule has 0 heterocycles. The van der Waals surface area contributed by atoms with E-state index in [1.807, 2.05) is 49.4 Å². The van der Waals surface area contributed by atoms with Crippen molar-refractivity contribution in [1.29, 1.82) is 0 Å². The van der Waals surface area contributed by atoms with Crippen LogP contribution in [0.25, 0.3) is 10.8 Å². The first kappa shape index (κ1) is 14.6. The fraction of sp³-hybridized carbons (Fsp3) is 0.200. The lowest BCUT2D eigenvalue weighted by molar-refractivity contribution is 0.186. The number of hydrogen-bond acceptors (Lipinski definition) is 2. The number of benzene rings is 2. The summed E-state index contributed by atoms with van der Waals surface area (Å²) in [6.07, 6.45) is 0. The summed E-state index contributed by atoms with van der Waals surface area (Å²) in [6.45, 7) is 2.30. The van der Waals surface area contributed by atoms with Gasteiger partial charge >= 0.3 is 12.1 Å². The predicted molar refractivity (Wildman–Crippen MR) is 82.9 cm³/mol. The van der Waals surface area contributed by atoms with Gasteiger partial charge in [-0.2, -0.15) is 0 Å². The second-order valence-electron chi connectivity index (χ2n) is 4.49. The first-order valence-corrected chi connectivity index (χ1v) is 6.68. The molecular formula is C15H18N4O2. The fourth-order valence-electron chi connectivity index (χ4n) is 1.96. The van der Waals surface area contributed by atoms with Crippen LogP contribution in [0.4, 0.5) is 15.3 Å². The minimum Gasteiger partial charge on any atom is -0.337 e. The lowest BCUT2D eigenvalue weighted by Crippen LogP contribution is -2.49. The minimum absolute atomic E-state index is 0.370. The average Bonchev–Trinajstić information content (AvgIpc) is 2.47. The second-order valence-corrected chi connectivity index (χ2v) is 4.49. The molecule has 6 nitrogen and oxygen atoms in total. The molecule has 0 saturated heterocycles. The second kappa shape index (κ2) is 6.60. The third kappa shape index (κ3) is 3.62. The van der Waals surface area contributed by atoms with Crippen molar-refractivity contribution < 1.29 is 9.59 Å². The molecule has 21 heavy (non-hydrogen) atoms. The summed E-state index contributed by atoms with van der Waals surface area (Å²) in [5, 5.41) is 8.41.